The number of nitrogens with one attached hydrogen (secondary N) is 1. The van der Waals surface area contributed by atoms with Gasteiger partial charge in [0.1, 0.15) is 0 Å². The van der Waals surface area contributed by atoms with Crippen LogP contribution in [0.4, 0.5) is 5.69 Å². The zero-order valence-corrected chi connectivity index (χ0v) is 11.7. The summed E-state index contributed by atoms with van der Waals surface area (Å²) >= 11 is 7.82. The molecule has 1 N–H and O–H groups in total. The minimum atomic E-state index is 0.166. The van der Waals surface area contributed by atoms with Crippen molar-refractivity contribution in [2.45, 2.75) is 26.8 Å². The van der Waals surface area contributed by atoms with Gasteiger partial charge in [0.15, 0.2) is 0 Å². The number of hydrogen-bond acceptors (Lipinski definition) is 3. The van der Waals surface area contributed by atoms with Gasteiger partial charge in [-0.25, -0.2) is 4.98 Å². The number of aryl methyl sites for hydroxylation is 2. The van der Waals surface area contributed by atoms with E-state index >= 15 is 0 Å². The molecule has 0 amide bonds. The lowest BCUT2D eigenvalue weighted by molar-refractivity contribution is 0.845. The van der Waals surface area contributed by atoms with Crippen molar-refractivity contribution in [2.75, 3.05) is 5.32 Å². The number of rotatable bonds is 3. The van der Waals surface area contributed by atoms with Crippen molar-refractivity contribution in [1.82, 2.24) is 4.98 Å². The average Bonchev–Trinajstić information content (AvgIpc) is 2.70. The van der Waals surface area contributed by atoms with Crippen molar-refractivity contribution in [1.29, 1.82) is 0 Å². The first-order valence-corrected chi connectivity index (χ1v) is 6.77. The lowest BCUT2D eigenvalue weighted by Crippen LogP contribution is -2.07. The summed E-state index contributed by atoms with van der Waals surface area (Å²) in [7, 11) is 0. The van der Waals surface area contributed by atoms with Crippen LogP contribution in [0.1, 0.15) is 29.2 Å². The second-order valence-electron chi connectivity index (χ2n) is 4.14. The third-order valence-corrected chi connectivity index (χ3v) is 3.70. The fraction of sp³-hybridized carbons (Fsp3) is 0.308. The molecule has 1 aromatic carbocycles. The Morgan fingerprint density at radius 1 is 1.35 bits per heavy atom. The number of thiazole rings is 1. The molecule has 2 aromatic rings. The first kappa shape index (κ1) is 12.4. The van der Waals surface area contributed by atoms with Crippen LogP contribution in [0.15, 0.2) is 23.6 Å². The summed E-state index contributed by atoms with van der Waals surface area (Å²) in [6.45, 7) is 6.16. The first-order valence-electron chi connectivity index (χ1n) is 5.51. The number of aromatic nitrogens is 1. The fourth-order valence-corrected chi connectivity index (χ4v) is 2.51. The summed E-state index contributed by atoms with van der Waals surface area (Å²) in [5.41, 5.74) is 3.22. The molecule has 0 aliphatic carbocycles. The number of halogens is 1. The Balaban J connectivity index is 2.18. The molecule has 1 atom stereocenters. The maximum absolute atomic E-state index is 6.15. The highest BCUT2D eigenvalue weighted by Crippen LogP contribution is 2.27. The van der Waals surface area contributed by atoms with E-state index in [9.17, 15) is 0 Å². The lowest BCUT2D eigenvalue weighted by Gasteiger charge is -2.15. The summed E-state index contributed by atoms with van der Waals surface area (Å²) in [6.07, 6.45) is 0. The van der Waals surface area contributed by atoms with Crippen molar-refractivity contribution in [3.8, 4) is 0 Å². The maximum Gasteiger partial charge on any atom is 0.0898 e. The molecule has 0 saturated carbocycles. The van der Waals surface area contributed by atoms with Crippen LogP contribution in [0.2, 0.25) is 5.02 Å². The van der Waals surface area contributed by atoms with E-state index in [0.29, 0.717) is 0 Å². The highest BCUT2D eigenvalue weighted by molar-refractivity contribution is 7.09. The average molecular weight is 267 g/mol. The van der Waals surface area contributed by atoms with Crippen LogP contribution in [0.5, 0.6) is 0 Å². The summed E-state index contributed by atoms with van der Waals surface area (Å²) in [4.78, 5) is 4.47. The van der Waals surface area contributed by atoms with Crippen LogP contribution < -0.4 is 5.32 Å². The van der Waals surface area contributed by atoms with E-state index in [0.717, 1.165) is 21.4 Å². The summed E-state index contributed by atoms with van der Waals surface area (Å²) in [5.74, 6) is 0. The predicted octanol–water partition coefficient (Wildman–Crippen LogP) is 4.59. The zero-order valence-electron chi connectivity index (χ0n) is 10.1. The molecular formula is C13H15ClN2S. The van der Waals surface area contributed by atoms with Crippen LogP contribution in [-0.2, 0) is 0 Å². The van der Waals surface area contributed by atoms with E-state index < -0.39 is 0 Å². The van der Waals surface area contributed by atoms with Crippen LogP contribution in [0.25, 0.3) is 0 Å². The summed E-state index contributed by atoms with van der Waals surface area (Å²) < 4.78 is 0. The van der Waals surface area contributed by atoms with Gasteiger partial charge in [-0.1, -0.05) is 17.7 Å². The van der Waals surface area contributed by atoms with Gasteiger partial charge in [0.25, 0.3) is 0 Å². The Kier molecular flexibility index (Phi) is 3.69. The monoisotopic (exact) mass is 266 g/mol. The molecule has 0 bridgehead atoms. The zero-order chi connectivity index (χ0) is 12.4. The van der Waals surface area contributed by atoms with Gasteiger partial charge in [-0.15, -0.1) is 11.3 Å². The second kappa shape index (κ2) is 5.07. The van der Waals surface area contributed by atoms with Gasteiger partial charge in [0, 0.05) is 5.38 Å². The van der Waals surface area contributed by atoms with Crippen LogP contribution in [0.3, 0.4) is 0 Å². The third kappa shape index (κ3) is 2.99. The Morgan fingerprint density at radius 2 is 2.12 bits per heavy atom. The van der Waals surface area contributed by atoms with Crippen molar-refractivity contribution >= 4 is 28.6 Å². The molecule has 17 heavy (non-hydrogen) atoms. The van der Waals surface area contributed by atoms with Crippen LogP contribution in [-0.4, -0.2) is 4.98 Å². The van der Waals surface area contributed by atoms with E-state index in [1.807, 2.05) is 19.1 Å². The second-order valence-corrected chi connectivity index (χ2v) is 5.61. The lowest BCUT2D eigenvalue weighted by atomic mass is 10.2. The van der Waals surface area contributed by atoms with Gasteiger partial charge in [0.05, 0.1) is 27.5 Å². The molecule has 0 aliphatic heterocycles. The minimum absolute atomic E-state index is 0.166. The Hall–Kier alpha value is -1.06. The van der Waals surface area contributed by atoms with E-state index in [2.05, 4.69) is 35.6 Å². The van der Waals surface area contributed by atoms with Crippen molar-refractivity contribution in [2.24, 2.45) is 0 Å². The minimum Gasteiger partial charge on any atom is -0.376 e. The highest BCUT2D eigenvalue weighted by Gasteiger charge is 2.10. The molecule has 4 heteroatoms. The number of anilines is 1. The quantitative estimate of drug-likeness (QED) is 0.879. The number of nitrogens with zero attached hydrogens (tertiary/aromatic N) is 1. The van der Waals surface area contributed by atoms with Crippen LogP contribution >= 0.6 is 22.9 Å². The van der Waals surface area contributed by atoms with Crippen LogP contribution in [0, 0.1) is 13.8 Å². The molecule has 2 nitrogen and oxygen atoms in total. The van der Waals surface area contributed by atoms with E-state index in [4.69, 9.17) is 11.6 Å². The molecule has 90 valence electrons. The highest BCUT2D eigenvalue weighted by atomic mass is 35.5. The van der Waals surface area contributed by atoms with Gasteiger partial charge in [-0.2, -0.15) is 0 Å². The SMILES string of the molecule is Cc1ccc(Cl)c(NC(C)c2csc(C)n2)c1. The van der Waals surface area contributed by atoms with Crippen molar-refractivity contribution in [3.63, 3.8) is 0 Å². The molecule has 0 radical (unpaired) electrons. The van der Waals surface area contributed by atoms with Crippen molar-refractivity contribution in [3.05, 3.63) is 44.9 Å². The molecule has 0 saturated heterocycles. The largest absolute Gasteiger partial charge is 0.376 e. The third-order valence-electron chi connectivity index (χ3n) is 2.57. The molecular weight excluding hydrogens is 252 g/mol. The summed E-state index contributed by atoms with van der Waals surface area (Å²) in [6, 6.07) is 6.14. The van der Waals surface area contributed by atoms with Gasteiger partial charge in [0.2, 0.25) is 0 Å². The maximum atomic E-state index is 6.15. The van der Waals surface area contributed by atoms with Gasteiger partial charge < -0.3 is 5.32 Å². The fourth-order valence-electron chi connectivity index (χ4n) is 1.64. The van der Waals surface area contributed by atoms with Gasteiger partial charge in [-0.05, 0) is 38.5 Å². The number of hydrogen-bond donors (Lipinski definition) is 1. The molecule has 1 unspecified atom stereocenters. The summed E-state index contributed by atoms with van der Waals surface area (Å²) in [5, 5.41) is 7.30. The normalized spacial score (nSPS) is 12.5. The molecule has 0 spiro atoms. The van der Waals surface area contributed by atoms with E-state index in [1.54, 1.807) is 11.3 Å². The number of benzene rings is 1. The molecule has 1 aromatic heterocycles. The topological polar surface area (TPSA) is 24.9 Å². The molecule has 0 aliphatic rings. The molecule has 0 fully saturated rings. The first-order chi connectivity index (χ1) is 8.06. The van der Waals surface area contributed by atoms with Gasteiger partial charge >= 0.3 is 0 Å². The Bertz CT molecular complexity index is 522. The molecule has 1 heterocycles. The van der Waals surface area contributed by atoms with E-state index in [-0.39, 0.29) is 6.04 Å². The Morgan fingerprint density at radius 3 is 2.76 bits per heavy atom. The van der Waals surface area contributed by atoms with Crippen molar-refractivity contribution < 1.29 is 0 Å². The van der Waals surface area contributed by atoms with Gasteiger partial charge in [-0.3, -0.25) is 0 Å². The standard InChI is InChI=1S/C13H15ClN2S/c1-8-4-5-11(14)12(6-8)15-9(2)13-7-17-10(3)16-13/h4-7,9,15H,1-3H3. The molecule has 2 rings (SSSR count). The Labute approximate surface area is 111 Å². The predicted molar refractivity (Wildman–Crippen MR) is 75.1 cm³/mol. The smallest absolute Gasteiger partial charge is 0.0898 e. The van der Waals surface area contributed by atoms with E-state index in [1.165, 1.54) is 5.56 Å².